The van der Waals surface area contributed by atoms with E-state index in [4.69, 9.17) is 5.73 Å². The number of hydrogen-bond acceptors (Lipinski definition) is 3. The molecule has 17 heavy (non-hydrogen) atoms. The average molecular weight is 235 g/mol. The molecule has 0 spiro atoms. The van der Waals surface area contributed by atoms with Crippen molar-refractivity contribution in [3.8, 4) is 0 Å². The van der Waals surface area contributed by atoms with Crippen LogP contribution in [0.1, 0.15) is 12.5 Å². The fourth-order valence-corrected chi connectivity index (χ4v) is 1.42. The van der Waals surface area contributed by atoms with Crippen LogP contribution in [0.3, 0.4) is 0 Å². The number of para-hydroxylation sites is 1. The van der Waals surface area contributed by atoms with Crippen molar-refractivity contribution < 1.29 is 9.59 Å². The second-order valence-electron chi connectivity index (χ2n) is 3.63. The molecule has 0 unspecified atom stereocenters. The zero-order valence-corrected chi connectivity index (χ0v) is 9.82. The molecule has 1 aromatic carbocycles. The van der Waals surface area contributed by atoms with Crippen LogP contribution in [0.2, 0.25) is 0 Å². The van der Waals surface area contributed by atoms with Gasteiger partial charge in [0.05, 0.1) is 13.0 Å². The van der Waals surface area contributed by atoms with E-state index in [0.717, 1.165) is 12.1 Å². The van der Waals surface area contributed by atoms with Gasteiger partial charge in [-0.2, -0.15) is 0 Å². The molecule has 0 aliphatic rings. The van der Waals surface area contributed by atoms with E-state index in [1.807, 2.05) is 6.92 Å². The van der Waals surface area contributed by atoms with Gasteiger partial charge < -0.3 is 16.4 Å². The Kier molecular flexibility index (Phi) is 5.16. The van der Waals surface area contributed by atoms with Crippen LogP contribution in [0, 0.1) is 0 Å². The Morgan fingerprint density at radius 1 is 1.29 bits per heavy atom. The molecule has 0 aliphatic heterocycles. The van der Waals surface area contributed by atoms with Gasteiger partial charge in [0.15, 0.2) is 0 Å². The van der Waals surface area contributed by atoms with Gasteiger partial charge in [-0.15, -0.1) is 0 Å². The first-order valence-corrected chi connectivity index (χ1v) is 5.50. The highest BCUT2D eigenvalue weighted by atomic mass is 16.2. The summed E-state index contributed by atoms with van der Waals surface area (Å²) in [6.07, 6.45) is 0.123. The summed E-state index contributed by atoms with van der Waals surface area (Å²) in [6.45, 7) is 2.91. The predicted octanol–water partition coefficient (Wildman–Crippen LogP) is 0.262. The van der Waals surface area contributed by atoms with E-state index in [0.29, 0.717) is 5.69 Å². The lowest BCUT2D eigenvalue weighted by atomic mass is 10.1. The third kappa shape index (κ3) is 4.65. The predicted molar refractivity (Wildman–Crippen MR) is 66.5 cm³/mol. The van der Waals surface area contributed by atoms with E-state index in [1.165, 1.54) is 0 Å². The van der Waals surface area contributed by atoms with Crippen molar-refractivity contribution in [2.75, 3.05) is 18.4 Å². The Hall–Kier alpha value is -1.88. The largest absolute Gasteiger partial charge is 0.369 e. The fraction of sp³-hybridized carbons (Fsp3) is 0.333. The number of carbonyl (C=O) groups is 2. The summed E-state index contributed by atoms with van der Waals surface area (Å²) in [7, 11) is 0. The second kappa shape index (κ2) is 6.65. The minimum Gasteiger partial charge on any atom is -0.369 e. The minimum absolute atomic E-state index is 0.123. The molecule has 0 radical (unpaired) electrons. The van der Waals surface area contributed by atoms with Gasteiger partial charge in [0.1, 0.15) is 0 Å². The Balaban J connectivity index is 2.69. The summed E-state index contributed by atoms with van der Waals surface area (Å²) in [5.41, 5.74) is 6.50. The number of rotatable bonds is 6. The molecular formula is C12H17N3O2. The lowest BCUT2D eigenvalue weighted by molar-refractivity contribution is -0.117. The lowest BCUT2D eigenvalue weighted by Crippen LogP contribution is -2.28. The summed E-state index contributed by atoms with van der Waals surface area (Å²) in [5, 5.41) is 5.67. The number of amides is 2. The van der Waals surface area contributed by atoms with Crippen LogP contribution >= 0.6 is 0 Å². The third-order valence-corrected chi connectivity index (χ3v) is 2.19. The van der Waals surface area contributed by atoms with Crippen LogP contribution in [0.15, 0.2) is 24.3 Å². The van der Waals surface area contributed by atoms with Gasteiger partial charge in [-0.3, -0.25) is 9.59 Å². The third-order valence-electron chi connectivity index (χ3n) is 2.19. The fourth-order valence-electron chi connectivity index (χ4n) is 1.42. The van der Waals surface area contributed by atoms with Crippen molar-refractivity contribution in [1.29, 1.82) is 0 Å². The SMILES string of the molecule is CCNCC(=O)Nc1ccccc1CC(N)=O. The molecule has 92 valence electrons. The molecule has 0 heterocycles. The van der Waals surface area contributed by atoms with E-state index in [2.05, 4.69) is 10.6 Å². The number of likely N-dealkylation sites (N-methyl/N-ethyl adjacent to an activating group) is 1. The first-order valence-electron chi connectivity index (χ1n) is 5.50. The first-order chi connectivity index (χ1) is 8.13. The first kappa shape index (κ1) is 13.2. The van der Waals surface area contributed by atoms with Crippen LogP contribution in [-0.4, -0.2) is 24.9 Å². The van der Waals surface area contributed by atoms with Crippen LogP contribution in [0.5, 0.6) is 0 Å². The molecule has 0 aliphatic carbocycles. The Bertz CT molecular complexity index is 404. The van der Waals surface area contributed by atoms with E-state index in [1.54, 1.807) is 24.3 Å². The zero-order chi connectivity index (χ0) is 12.7. The molecule has 2 amide bonds. The maximum Gasteiger partial charge on any atom is 0.238 e. The van der Waals surface area contributed by atoms with Crippen molar-refractivity contribution in [2.45, 2.75) is 13.3 Å². The van der Waals surface area contributed by atoms with Crippen LogP contribution in [0.25, 0.3) is 0 Å². The van der Waals surface area contributed by atoms with E-state index < -0.39 is 5.91 Å². The van der Waals surface area contributed by atoms with Crippen LogP contribution in [0.4, 0.5) is 5.69 Å². The molecule has 0 saturated carbocycles. The summed E-state index contributed by atoms with van der Waals surface area (Å²) >= 11 is 0. The standard InChI is InChI=1S/C12H17N3O2/c1-2-14-8-12(17)15-10-6-4-3-5-9(10)7-11(13)16/h3-6,14H,2,7-8H2,1H3,(H2,13,16)(H,15,17). The molecule has 0 saturated heterocycles. The number of benzene rings is 1. The van der Waals surface area contributed by atoms with E-state index in [9.17, 15) is 9.59 Å². The molecule has 1 aromatic rings. The number of carbonyl (C=O) groups excluding carboxylic acids is 2. The van der Waals surface area contributed by atoms with Gasteiger partial charge in [-0.1, -0.05) is 25.1 Å². The second-order valence-corrected chi connectivity index (χ2v) is 3.63. The minimum atomic E-state index is -0.418. The number of primary amides is 1. The van der Waals surface area contributed by atoms with Crippen molar-refractivity contribution in [3.05, 3.63) is 29.8 Å². The summed E-state index contributed by atoms with van der Waals surface area (Å²) < 4.78 is 0. The molecule has 0 fully saturated rings. The van der Waals surface area contributed by atoms with Gasteiger partial charge in [-0.05, 0) is 18.2 Å². The molecule has 5 heteroatoms. The molecular weight excluding hydrogens is 218 g/mol. The van der Waals surface area contributed by atoms with Crippen molar-refractivity contribution >= 4 is 17.5 Å². The molecule has 5 nitrogen and oxygen atoms in total. The maximum absolute atomic E-state index is 11.5. The van der Waals surface area contributed by atoms with Crippen LogP contribution < -0.4 is 16.4 Å². The molecule has 0 atom stereocenters. The molecule has 0 aromatic heterocycles. The highest BCUT2D eigenvalue weighted by Crippen LogP contribution is 2.15. The van der Waals surface area contributed by atoms with Gasteiger partial charge >= 0.3 is 0 Å². The highest BCUT2D eigenvalue weighted by molar-refractivity contribution is 5.93. The Morgan fingerprint density at radius 2 is 2.00 bits per heavy atom. The van der Waals surface area contributed by atoms with Gasteiger partial charge in [-0.25, -0.2) is 0 Å². The zero-order valence-electron chi connectivity index (χ0n) is 9.82. The lowest BCUT2D eigenvalue weighted by Gasteiger charge is -2.09. The van der Waals surface area contributed by atoms with Crippen molar-refractivity contribution in [2.24, 2.45) is 5.73 Å². The van der Waals surface area contributed by atoms with E-state index in [-0.39, 0.29) is 18.9 Å². The highest BCUT2D eigenvalue weighted by Gasteiger charge is 2.07. The quantitative estimate of drug-likeness (QED) is 0.661. The summed E-state index contributed by atoms with van der Waals surface area (Å²) in [6, 6.07) is 7.13. The molecule has 4 N–H and O–H groups in total. The van der Waals surface area contributed by atoms with Crippen LogP contribution in [-0.2, 0) is 16.0 Å². The number of nitrogens with two attached hydrogens (primary N) is 1. The summed E-state index contributed by atoms with van der Waals surface area (Å²) in [5.74, 6) is -0.554. The Morgan fingerprint density at radius 3 is 2.65 bits per heavy atom. The number of nitrogens with one attached hydrogen (secondary N) is 2. The van der Waals surface area contributed by atoms with Crippen molar-refractivity contribution in [3.63, 3.8) is 0 Å². The average Bonchev–Trinajstić information content (AvgIpc) is 2.28. The van der Waals surface area contributed by atoms with E-state index >= 15 is 0 Å². The molecule has 0 bridgehead atoms. The maximum atomic E-state index is 11.5. The smallest absolute Gasteiger partial charge is 0.238 e. The van der Waals surface area contributed by atoms with Gasteiger partial charge in [0.25, 0.3) is 0 Å². The number of hydrogen-bond donors (Lipinski definition) is 3. The summed E-state index contributed by atoms with van der Waals surface area (Å²) in [4.78, 5) is 22.4. The van der Waals surface area contributed by atoms with Gasteiger partial charge in [0, 0.05) is 5.69 Å². The van der Waals surface area contributed by atoms with Crippen molar-refractivity contribution in [1.82, 2.24) is 5.32 Å². The normalized spacial score (nSPS) is 9.94. The monoisotopic (exact) mass is 235 g/mol. The number of anilines is 1. The topological polar surface area (TPSA) is 84.2 Å². The van der Waals surface area contributed by atoms with Gasteiger partial charge in [0.2, 0.25) is 11.8 Å². The molecule has 1 rings (SSSR count). The Labute approximate surface area is 100 Å².